The van der Waals surface area contributed by atoms with Crippen LogP contribution in [0.25, 0.3) is 0 Å². The van der Waals surface area contributed by atoms with Gasteiger partial charge in [0.1, 0.15) is 0 Å². The normalized spacial score (nSPS) is 23.9. The van der Waals surface area contributed by atoms with Gasteiger partial charge in [-0.15, -0.1) is 0 Å². The van der Waals surface area contributed by atoms with E-state index < -0.39 is 0 Å². The highest BCUT2D eigenvalue weighted by atomic mass is 15.2. The molecule has 1 atom stereocenters. The highest BCUT2D eigenvalue weighted by molar-refractivity contribution is 5.02. The lowest BCUT2D eigenvalue weighted by Gasteiger charge is -2.34. The van der Waals surface area contributed by atoms with Crippen LogP contribution in [0.5, 0.6) is 0 Å². The molecule has 1 unspecified atom stereocenters. The molecule has 78 valence electrons. The van der Waals surface area contributed by atoms with E-state index in [0.717, 1.165) is 13.1 Å². The third-order valence-corrected chi connectivity index (χ3v) is 2.96. The monoisotopic (exact) mass is 194 g/mol. The minimum Gasteiger partial charge on any atom is -0.329 e. The molecule has 0 saturated carbocycles. The van der Waals surface area contributed by atoms with Crippen LogP contribution in [-0.2, 0) is 6.54 Å². The molecule has 3 N–H and O–H groups in total. The van der Waals surface area contributed by atoms with Gasteiger partial charge in [0.2, 0.25) is 0 Å². The van der Waals surface area contributed by atoms with Gasteiger partial charge in [-0.3, -0.25) is 10.00 Å². The molecule has 1 aliphatic rings. The highest BCUT2D eigenvalue weighted by Crippen LogP contribution is 2.18. The lowest BCUT2D eigenvalue weighted by Crippen LogP contribution is -2.43. The van der Waals surface area contributed by atoms with Crippen LogP contribution in [0, 0.1) is 0 Å². The zero-order valence-corrected chi connectivity index (χ0v) is 8.45. The molecule has 0 bridgehead atoms. The Labute approximate surface area is 84.5 Å². The number of piperidine rings is 1. The fourth-order valence-corrected chi connectivity index (χ4v) is 2.13. The molecule has 0 aliphatic carbocycles. The molecular formula is C10H18N4. The Hall–Kier alpha value is -0.870. The number of likely N-dealkylation sites (tertiary alicyclic amines) is 1. The first-order valence-corrected chi connectivity index (χ1v) is 5.32. The van der Waals surface area contributed by atoms with Crippen molar-refractivity contribution in [3.63, 3.8) is 0 Å². The average Bonchev–Trinajstić information content (AvgIpc) is 2.71. The molecule has 4 heteroatoms. The van der Waals surface area contributed by atoms with Crippen LogP contribution >= 0.6 is 0 Å². The lowest BCUT2D eigenvalue weighted by molar-refractivity contribution is 0.145. The molecule has 1 aromatic heterocycles. The Morgan fingerprint density at radius 3 is 3.21 bits per heavy atom. The summed E-state index contributed by atoms with van der Waals surface area (Å²) in [4.78, 5) is 2.47. The van der Waals surface area contributed by atoms with Crippen molar-refractivity contribution in [3.05, 3.63) is 18.0 Å². The number of aromatic amines is 1. The summed E-state index contributed by atoms with van der Waals surface area (Å²) in [6.07, 6.45) is 7.72. The van der Waals surface area contributed by atoms with Crippen LogP contribution in [0.15, 0.2) is 12.4 Å². The van der Waals surface area contributed by atoms with Crippen LogP contribution in [0.3, 0.4) is 0 Å². The standard InChI is InChI=1S/C10H18N4/c11-5-10-3-1-2-4-14(10)8-9-6-12-13-7-9/h6-7,10H,1-5,8,11H2,(H,12,13). The fraction of sp³-hybridized carbons (Fsp3) is 0.700. The van der Waals surface area contributed by atoms with E-state index in [-0.39, 0.29) is 0 Å². The SMILES string of the molecule is NCC1CCCCN1Cc1cn[nH]c1. The number of hydrogen-bond donors (Lipinski definition) is 2. The van der Waals surface area contributed by atoms with Crippen molar-refractivity contribution in [1.29, 1.82) is 0 Å². The van der Waals surface area contributed by atoms with Crippen LogP contribution in [0.2, 0.25) is 0 Å². The van der Waals surface area contributed by atoms with Gasteiger partial charge >= 0.3 is 0 Å². The number of hydrogen-bond acceptors (Lipinski definition) is 3. The Balaban J connectivity index is 1.94. The van der Waals surface area contributed by atoms with Crippen molar-refractivity contribution in [2.24, 2.45) is 5.73 Å². The molecule has 1 aliphatic heterocycles. The van der Waals surface area contributed by atoms with Crippen molar-refractivity contribution in [2.45, 2.75) is 31.8 Å². The molecule has 0 spiro atoms. The predicted octanol–water partition coefficient (Wildman–Crippen LogP) is 0.723. The maximum absolute atomic E-state index is 5.76. The van der Waals surface area contributed by atoms with E-state index in [4.69, 9.17) is 5.73 Å². The summed E-state index contributed by atoms with van der Waals surface area (Å²) in [6.45, 7) is 2.93. The summed E-state index contributed by atoms with van der Waals surface area (Å²) in [5.74, 6) is 0. The molecule has 14 heavy (non-hydrogen) atoms. The van der Waals surface area contributed by atoms with Crippen molar-refractivity contribution in [3.8, 4) is 0 Å². The predicted molar refractivity (Wildman–Crippen MR) is 55.7 cm³/mol. The minimum atomic E-state index is 0.568. The summed E-state index contributed by atoms with van der Waals surface area (Å²) in [5.41, 5.74) is 7.01. The molecular weight excluding hydrogens is 176 g/mol. The second-order valence-electron chi connectivity index (χ2n) is 3.96. The summed E-state index contributed by atoms with van der Waals surface area (Å²) in [6, 6.07) is 0.568. The van der Waals surface area contributed by atoms with Crippen LogP contribution < -0.4 is 5.73 Å². The number of aromatic nitrogens is 2. The van der Waals surface area contributed by atoms with E-state index in [1.165, 1.54) is 31.4 Å². The molecule has 0 radical (unpaired) electrons. The second kappa shape index (κ2) is 4.57. The zero-order valence-electron chi connectivity index (χ0n) is 8.45. The Bertz CT molecular complexity index is 257. The van der Waals surface area contributed by atoms with Gasteiger partial charge in [0.15, 0.2) is 0 Å². The van der Waals surface area contributed by atoms with E-state index in [0.29, 0.717) is 6.04 Å². The van der Waals surface area contributed by atoms with Crippen molar-refractivity contribution in [1.82, 2.24) is 15.1 Å². The van der Waals surface area contributed by atoms with E-state index in [2.05, 4.69) is 15.1 Å². The first-order chi connectivity index (χ1) is 6.90. The van der Waals surface area contributed by atoms with Crippen LogP contribution in [-0.4, -0.2) is 34.2 Å². The van der Waals surface area contributed by atoms with Gasteiger partial charge in [-0.25, -0.2) is 0 Å². The fourth-order valence-electron chi connectivity index (χ4n) is 2.13. The molecule has 1 saturated heterocycles. The Kier molecular flexibility index (Phi) is 3.16. The molecule has 1 fully saturated rings. The number of nitrogens with zero attached hydrogens (tertiary/aromatic N) is 2. The summed E-state index contributed by atoms with van der Waals surface area (Å²) >= 11 is 0. The maximum atomic E-state index is 5.76. The first kappa shape index (κ1) is 9.68. The summed E-state index contributed by atoms with van der Waals surface area (Å²) in [7, 11) is 0. The van der Waals surface area contributed by atoms with Gasteiger partial charge in [-0.05, 0) is 19.4 Å². The van der Waals surface area contributed by atoms with Gasteiger partial charge in [0, 0.05) is 30.9 Å². The highest BCUT2D eigenvalue weighted by Gasteiger charge is 2.20. The number of nitrogens with two attached hydrogens (primary N) is 1. The Morgan fingerprint density at radius 2 is 2.50 bits per heavy atom. The van der Waals surface area contributed by atoms with Gasteiger partial charge < -0.3 is 5.73 Å². The first-order valence-electron chi connectivity index (χ1n) is 5.32. The maximum Gasteiger partial charge on any atom is 0.0532 e. The zero-order chi connectivity index (χ0) is 9.80. The van der Waals surface area contributed by atoms with Crippen molar-refractivity contribution >= 4 is 0 Å². The lowest BCUT2D eigenvalue weighted by atomic mass is 10.0. The van der Waals surface area contributed by atoms with E-state index in [1.807, 2.05) is 12.4 Å². The number of rotatable bonds is 3. The van der Waals surface area contributed by atoms with E-state index >= 15 is 0 Å². The van der Waals surface area contributed by atoms with Crippen LogP contribution in [0.1, 0.15) is 24.8 Å². The molecule has 1 aromatic rings. The van der Waals surface area contributed by atoms with E-state index in [9.17, 15) is 0 Å². The largest absolute Gasteiger partial charge is 0.329 e. The average molecular weight is 194 g/mol. The number of H-pyrrole nitrogens is 1. The quantitative estimate of drug-likeness (QED) is 0.745. The molecule has 2 heterocycles. The molecule has 4 nitrogen and oxygen atoms in total. The second-order valence-corrected chi connectivity index (χ2v) is 3.96. The van der Waals surface area contributed by atoms with Crippen molar-refractivity contribution in [2.75, 3.05) is 13.1 Å². The van der Waals surface area contributed by atoms with Gasteiger partial charge in [0.05, 0.1) is 6.20 Å². The summed E-state index contributed by atoms with van der Waals surface area (Å²) in [5, 5.41) is 6.80. The van der Waals surface area contributed by atoms with Crippen LogP contribution in [0.4, 0.5) is 0 Å². The van der Waals surface area contributed by atoms with E-state index in [1.54, 1.807) is 0 Å². The topological polar surface area (TPSA) is 57.9 Å². The minimum absolute atomic E-state index is 0.568. The Morgan fingerprint density at radius 1 is 1.57 bits per heavy atom. The number of nitrogens with one attached hydrogen (secondary N) is 1. The molecule has 0 amide bonds. The van der Waals surface area contributed by atoms with Gasteiger partial charge in [0.25, 0.3) is 0 Å². The third-order valence-electron chi connectivity index (χ3n) is 2.96. The van der Waals surface area contributed by atoms with Gasteiger partial charge in [-0.1, -0.05) is 6.42 Å². The van der Waals surface area contributed by atoms with Crippen molar-refractivity contribution < 1.29 is 0 Å². The summed E-state index contributed by atoms with van der Waals surface area (Å²) < 4.78 is 0. The third kappa shape index (κ3) is 2.13. The molecule has 0 aromatic carbocycles. The van der Waals surface area contributed by atoms with Gasteiger partial charge in [-0.2, -0.15) is 5.10 Å². The molecule has 2 rings (SSSR count). The smallest absolute Gasteiger partial charge is 0.0532 e.